The molecule has 0 saturated heterocycles. The van der Waals surface area contributed by atoms with E-state index < -0.39 is 5.41 Å². The van der Waals surface area contributed by atoms with Gasteiger partial charge < -0.3 is 9.47 Å². The second-order valence-electron chi connectivity index (χ2n) is 12.0. The molecule has 0 amide bonds. The number of fused-ring (bicyclic) bond motifs is 4. The average Bonchev–Trinajstić information content (AvgIpc) is 3.46. The lowest BCUT2D eigenvalue weighted by atomic mass is 9.62. The Morgan fingerprint density at radius 2 is 1.11 bits per heavy atom. The van der Waals surface area contributed by atoms with Crippen molar-refractivity contribution in [2.45, 2.75) is 12.3 Å². The molecule has 0 N–H and O–H groups in total. The molecule has 0 unspecified atom stereocenters. The molecule has 7 aromatic rings. The van der Waals surface area contributed by atoms with Crippen molar-refractivity contribution in [3.8, 4) is 5.69 Å². The lowest BCUT2D eigenvalue weighted by Crippen LogP contribution is -2.39. The molecule has 1 aliphatic rings. The molecule has 6 aromatic carbocycles. The molecule has 0 radical (unpaired) electrons. The fourth-order valence-electron chi connectivity index (χ4n) is 7.34. The predicted molar refractivity (Wildman–Crippen MR) is 201 cm³/mol. The van der Waals surface area contributed by atoms with Crippen LogP contribution in [-0.4, -0.2) is 11.6 Å². The third kappa shape index (κ3) is 4.90. The molecule has 0 atom stereocenters. The molecule has 0 aliphatic carbocycles. The Bertz CT molecular complexity index is 2200. The largest absolute Gasteiger partial charge is 0.344 e. The summed E-state index contributed by atoms with van der Waals surface area (Å²) in [6, 6.07) is 55.8. The number of hydrogen-bond acceptors (Lipinski definition) is 1. The molecule has 8 rings (SSSR count). The second kappa shape index (κ2) is 12.5. The van der Waals surface area contributed by atoms with Gasteiger partial charge in [0.15, 0.2) is 0 Å². The second-order valence-corrected chi connectivity index (χ2v) is 12.0. The van der Waals surface area contributed by atoms with Crippen molar-refractivity contribution in [2.24, 2.45) is 0 Å². The van der Waals surface area contributed by atoms with Crippen LogP contribution in [-0.2, 0) is 5.41 Å². The minimum absolute atomic E-state index is 0.434. The lowest BCUT2D eigenvalue weighted by Gasteiger charge is -2.45. The van der Waals surface area contributed by atoms with Gasteiger partial charge in [-0.15, -0.1) is 0 Å². The highest BCUT2D eigenvalue weighted by molar-refractivity contribution is 6.09. The summed E-state index contributed by atoms with van der Waals surface area (Å²) in [4.78, 5) is 2.21. The van der Waals surface area contributed by atoms with Crippen LogP contribution in [0.15, 0.2) is 194 Å². The van der Waals surface area contributed by atoms with Crippen LogP contribution in [0.5, 0.6) is 0 Å². The number of anilines is 1. The SMILES string of the molecule is C=CC1=C(C=C)C(c2ccccc2)(c2ccccc2)c2ccccc2N1C.Cc1ccc2c(c1)c1ccccc1n2-c1ccccc1. The van der Waals surface area contributed by atoms with E-state index in [1.54, 1.807) is 0 Å². The Kier molecular flexibility index (Phi) is 7.93. The third-order valence-electron chi connectivity index (χ3n) is 9.36. The van der Waals surface area contributed by atoms with Gasteiger partial charge in [0.2, 0.25) is 0 Å². The van der Waals surface area contributed by atoms with Gasteiger partial charge in [-0.05, 0) is 71.7 Å². The molecule has 228 valence electrons. The van der Waals surface area contributed by atoms with Gasteiger partial charge >= 0.3 is 0 Å². The number of rotatable bonds is 5. The Labute approximate surface area is 277 Å². The highest BCUT2D eigenvalue weighted by Crippen LogP contribution is 2.53. The number of allylic oxidation sites excluding steroid dienone is 3. The fourth-order valence-corrected chi connectivity index (χ4v) is 7.34. The Hall–Kier alpha value is -5.86. The lowest BCUT2D eigenvalue weighted by molar-refractivity contribution is 0.713. The van der Waals surface area contributed by atoms with Crippen LogP contribution in [0.2, 0.25) is 0 Å². The van der Waals surface area contributed by atoms with Gasteiger partial charge in [-0.25, -0.2) is 0 Å². The summed E-state index contributed by atoms with van der Waals surface area (Å²) < 4.78 is 2.34. The van der Waals surface area contributed by atoms with Gasteiger partial charge in [0.05, 0.1) is 16.4 Å². The molecule has 2 nitrogen and oxygen atoms in total. The highest BCUT2D eigenvalue weighted by atomic mass is 15.1. The monoisotopic (exact) mass is 606 g/mol. The maximum atomic E-state index is 4.20. The van der Waals surface area contributed by atoms with E-state index in [2.05, 4.69) is 194 Å². The molecule has 0 fully saturated rings. The van der Waals surface area contributed by atoms with Crippen molar-refractivity contribution in [3.63, 3.8) is 0 Å². The van der Waals surface area contributed by atoms with Crippen molar-refractivity contribution >= 4 is 27.5 Å². The summed E-state index contributed by atoms with van der Waals surface area (Å²) in [6.45, 7) is 10.5. The molecule has 0 spiro atoms. The minimum Gasteiger partial charge on any atom is -0.344 e. The topological polar surface area (TPSA) is 8.17 Å². The number of benzene rings is 6. The molecule has 2 heteroatoms. The summed E-state index contributed by atoms with van der Waals surface area (Å²) in [7, 11) is 2.10. The van der Waals surface area contributed by atoms with Crippen LogP contribution in [0.4, 0.5) is 5.69 Å². The minimum atomic E-state index is -0.434. The van der Waals surface area contributed by atoms with Crippen LogP contribution in [0.1, 0.15) is 22.3 Å². The van der Waals surface area contributed by atoms with E-state index in [1.165, 1.54) is 55.4 Å². The third-order valence-corrected chi connectivity index (χ3v) is 9.36. The molecule has 1 aliphatic heterocycles. The number of hydrogen-bond donors (Lipinski definition) is 0. The van der Waals surface area contributed by atoms with Crippen LogP contribution >= 0.6 is 0 Å². The zero-order valence-corrected chi connectivity index (χ0v) is 27.0. The van der Waals surface area contributed by atoms with Crippen molar-refractivity contribution in [1.82, 2.24) is 4.57 Å². The smallest absolute Gasteiger partial charge is 0.0741 e. The van der Waals surface area contributed by atoms with E-state index in [4.69, 9.17) is 0 Å². The Morgan fingerprint density at radius 1 is 0.553 bits per heavy atom. The molecule has 47 heavy (non-hydrogen) atoms. The van der Waals surface area contributed by atoms with Crippen molar-refractivity contribution in [3.05, 3.63) is 217 Å². The normalized spacial score (nSPS) is 13.5. The van der Waals surface area contributed by atoms with Crippen molar-refractivity contribution < 1.29 is 0 Å². The summed E-state index contributed by atoms with van der Waals surface area (Å²) in [6.07, 6.45) is 3.93. The summed E-state index contributed by atoms with van der Waals surface area (Å²) in [5, 5.41) is 2.64. The number of likely N-dealkylation sites (N-methyl/N-ethyl adjacent to an activating group) is 1. The summed E-state index contributed by atoms with van der Waals surface area (Å²) >= 11 is 0. The van der Waals surface area contributed by atoms with E-state index in [1.807, 2.05) is 12.2 Å². The zero-order chi connectivity index (χ0) is 32.4. The van der Waals surface area contributed by atoms with Crippen LogP contribution < -0.4 is 4.90 Å². The first-order valence-corrected chi connectivity index (χ1v) is 16.1. The van der Waals surface area contributed by atoms with Gasteiger partial charge in [-0.1, -0.05) is 146 Å². The molecular formula is C45H38N2. The molecule has 2 heterocycles. The summed E-state index contributed by atoms with van der Waals surface area (Å²) in [5.74, 6) is 0. The molecule has 0 bridgehead atoms. The average molecular weight is 607 g/mol. The van der Waals surface area contributed by atoms with E-state index in [9.17, 15) is 0 Å². The first-order chi connectivity index (χ1) is 23.1. The Morgan fingerprint density at radius 3 is 1.74 bits per heavy atom. The maximum Gasteiger partial charge on any atom is 0.0741 e. The first kappa shape index (κ1) is 29.8. The highest BCUT2D eigenvalue weighted by Gasteiger charge is 2.45. The Balaban J connectivity index is 0.000000156. The fraction of sp³-hybridized carbons (Fsp3) is 0.0667. The molecule has 1 aromatic heterocycles. The standard InChI is InChI=1S/C26H23N.C19H15N/c1-4-22-24(5-2)27(3)25-19-13-12-18-23(25)26(22,20-14-8-6-9-15-20)21-16-10-7-11-17-21;1-14-11-12-19-17(13-14)16-9-5-6-10-18(16)20(19)15-7-3-2-4-8-15/h4-19H,1-2H2,3H3;2-13H,1H3. The van der Waals surface area contributed by atoms with Gasteiger partial charge in [0.1, 0.15) is 0 Å². The van der Waals surface area contributed by atoms with Crippen LogP contribution in [0, 0.1) is 6.92 Å². The maximum absolute atomic E-state index is 4.20. The zero-order valence-electron chi connectivity index (χ0n) is 27.0. The quantitative estimate of drug-likeness (QED) is 0.189. The summed E-state index contributed by atoms with van der Waals surface area (Å²) in [5.41, 5.74) is 11.7. The molecule has 0 saturated carbocycles. The van der Waals surface area contributed by atoms with Gasteiger partial charge in [-0.3, -0.25) is 0 Å². The van der Waals surface area contributed by atoms with Crippen molar-refractivity contribution in [2.75, 3.05) is 11.9 Å². The van der Waals surface area contributed by atoms with E-state index >= 15 is 0 Å². The van der Waals surface area contributed by atoms with Gasteiger partial charge in [-0.2, -0.15) is 0 Å². The molecular weight excluding hydrogens is 569 g/mol. The first-order valence-electron chi connectivity index (χ1n) is 16.1. The van der Waals surface area contributed by atoms with Gasteiger partial charge in [0, 0.05) is 34.9 Å². The number of aryl methyl sites for hydroxylation is 1. The van der Waals surface area contributed by atoms with Crippen LogP contribution in [0.3, 0.4) is 0 Å². The van der Waals surface area contributed by atoms with E-state index in [0.29, 0.717) is 0 Å². The predicted octanol–water partition coefficient (Wildman–Crippen LogP) is 11.2. The number of nitrogens with zero attached hydrogens (tertiary/aromatic N) is 2. The number of para-hydroxylation sites is 3. The van der Waals surface area contributed by atoms with Gasteiger partial charge in [0.25, 0.3) is 0 Å². The van der Waals surface area contributed by atoms with E-state index in [0.717, 1.165) is 11.3 Å². The van der Waals surface area contributed by atoms with Crippen molar-refractivity contribution in [1.29, 1.82) is 0 Å². The van der Waals surface area contributed by atoms with E-state index in [-0.39, 0.29) is 0 Å². The number of aromatic nitrogens is 1. The van der Waals surface area contributed by atoms with Crippen LogP contribution in [0.25, 0.3) is 27.5 Å².